The lowest BCUT2D eigenvalue weighted by Crippen LogP contribution is -2.40. The highest BCUT2D eigenvalue weighted by Crippen LogP contribution is 2.44. The van der Waals surface area contributed by atoms with Gasteiger partial charge in [-0.15, -0.1) is 0 Å². The fourth-order valence-corrected chi connectivity index (χ4v) is 4.59. The van der Waals surface area contributed by atoms with Crippen molar-refractivity contribution in [1.82, 2.24) is 0 Å². The van der Waals surface area contributed by atoms with Crippen molar-refractivity contribution in [3.63, 3.8) is 0 Å². The summed E-state index contributed by atoms with van der Waals surface area (Å²) in [4.78, 5) is 31.2. The zero-order chi connectivity index (χ0) is 20.5. The highest BCUT2D eigenvalue weighted by Gasteiger charge is 2.43. The maximum Gasteiger partial charge on any atom is 0.254 e. The molecular formula is C25H26N2O2. The molecule has 4 rings (SSSR count). The van der Waals surface area contributed by atoms with Crippen molar-refractivity contribution in [2.24, 2.45) is 10.9 Å². The molecule has 1 saturated carbocycles. The first-order valence-corrected chi connectivity index (χ1v) is 10.2. The zero-order valence-corrected chi connectivity index (χ0v) is 17.2. The van der Waals surface area contributed by atoms with Crippen LogP contribution in [-0.4, -0.2) is 17.4 Å². The Morgan fingerprint density at radius 3 is 2.34 bits per heavy atom. The quantitative estimate of drug-likeness (QED) is 0.795. The van der Waals surface area contributed by atoms with E-state index in [1.165, 1.54) is 0 Å². The number of anilines is 1. The summed E-state index contributed by atoms with van der Waals surface area (Å²) in [7, 11) is 0. The van der Waals surface area contributed by atoms with Crippen molar-refractivity contribution < 1.29 is 9.59 Å². The molecular weight excluding hydrogens is 360 g/mol. The van der Waals surface area contributed by atoms with E-state index in [0.29, 0.717) is 17.7 Å². The van der Waals surface area contributed by atoms with E-state index in [1.54, 1.807) is 0 Å². The Hall–Kier alpha value is -3.01. The number of aryl methyl sites for hydroxylation is 2. The van der Waals surface area contributed by atoms with Gasteiger partial charge in [-0.3, -0.25) is 14.6 Å². The summed E-state index contributed by atoms with van der Waals surface area (Å²) in [6, 6.07) is 15.8. The van der Waals surface area contributed by atoms with Crippen LogP contribution in [0.15, 0.2) is 64.8 Å². The molecule has 0 bridgehead atoms. The number of aliphatic imine (C=N–C) groups is 1. The minimum atomic E-state index is -0.342. The maximum absolute atomic E-state index is 13.5. The number of nitrogens with zero attached hydrogens (tertiary/aromatic N) is 1. The van der Waals surface area contributed by atoms with E-state index in [2.05, 4.69) is 5.32 Å². The molecule has 1 heterocycles. The first-order valence-electron chi connectivity index (χ1n) is 10.2. The molecule has 2 atom stereocenters. The highest BCUT2D eigenvalue weighted by atomic mass is 16.2. The molecule has 2 aliphatic rings. The van der Waals surface area contributed by atoms with Crippen molar-refractivity contribution in [2.45, 2.75) is 46.0 Å². The fourth-order valence-electron chi connectivity index (χ4n) is 4.59. The molecule has 0 saturated heterocycles. The molecule has 0 spiro atoms. The number of Topliss-reactive ketones (excluding diaryl/α,β-unsaturated/α-hetero) is 1. The normalized spacial score (nSPS) is 21.5. The third-order valence-corrected chi connectivity index (χ3v) is 6.07. The summed E-state index contributed by atoms with van der Waals surface area (Å²) in [5.74, 6) is -0.616. The van der Waals surface area contributed by atoms with E-state index in [-0.39, 0.29) is 23.5 Å². The number of fused-ring (bicyclic) bond motifs is 1. The summed E-state index contributed by atoms with van der Waals surface area (Å²) in [5, 5.41) is 3.06. The molecule has 29 heavy (non-hydrogen) atoms. The van der Waals surface area contributed by atoms with Crippen molar-refractivity contribution >= 4 is 23.1 Å². The number of amides is 1. The van der Waals surface area contributed by atoms with Gasteiger partial charge in [0.1, 0.15) is 5.78 Å². The van der Waals surface area contributed by atoms with E-state index >= 15 is 0 Å². The Kier molecular flexibility index (Phi) is 5.18. The molecule has 2 aromatic carbocycles. The van der Waals surface area contributed by atoms with E-state index in [9.17, 15) is 9.59 Å². The van der Waals surface area contributed by atoms with Crippen LogP contribution in [0.5, 0.6) is 0 Å². The number of nitrogens with one attached hydrogen (secondary N) is 1. The van der Waals surface area contributed by atoms with Gasteiger partial charge in [-0.25, -0.2) is 0 Å². The number of carbonyl (C=O) groups is 2. The van der Waals surface area contributed by atoms with Crippen LogP contribution >= 0.6 is 0 Å². The summed E-state index contributed by atoms with van der Waals surface area (Å²) in [6.07, 6.45) is 2.22. The minimum Gasteiger partial charge on any atom is -0.322 e. The Balaban J connectivity index is 1.83. The molecule has 0 aromatic heterocycles. The van der Waals surface area contributed by atoms with Gasteiger partial charge < -0.3 is 5.32 Å². The number of carbonyl (C=O) groups excluding carboxylic acids is 2. The smallest absolute Gasteiger partial charge is 0.254 e. The second kappa shape index (κ2) is 7.78. The number of ketones is 1. The molecule has 4 heteroatoms. The van der Waals surface area contributed by atoms with Gasteiger partial charge in [0.05, 0.1) is 5.92 Å². The Bertz CT molecular complexity index is 1050. The third kappa shape index (κ3) is 3.55. The second-order valence-electron chi connectivity index (χ2n) is 8.00. The average molecular weight is 386 g/mol. The number of para-hydroxylation sites is 1. The van der Waals surface area contributed by atoms with Crippen LogP contribution in [0, 0.1) is 19.8 Å². The third-order valence-electron chi connectivity index (χ3n) is 6.07. The number of hydrogen-bond acceptors (Lipinski definition) is 3. The SMILES string of the molecule is CC1=C(C(=O)Nc2ccccc2C)[C@H](c2ccccc2C)C2C(=O)CCCC2=N1. The molecule has 0 radical (unpaired) electrons. The first kappa shape index (κ1) is 19.3. The van der Waals surface area contributed by atoms with Gasteiger partial charge in [0, 0.05) is 35.0 Å². The van der Waals surface area contributed by atoms with Crippen LogP contribution in [0.2, 0.25) is 0 Å². The lowest BCUT2D eigenvalue weighted by atomic mass is 9.68. The zero-order valence-electron chi connectivity index (χ0n) is 17.2. The van der Waals surface area contributed by atoms with Crippen molar-refractivity contribution in [3.8, 4) is 0 Å². The predicted molar refractivity (Wildman–Crippen MR) is 116 cm³/mol. The van der Waals surface area contributed by atoms with Crippen LogP contribution in [0.4, 0.5) is 5.69 Å². The molecule has 1 N–H and O–H groups in total. The summed E-state index contributed by atoms with van der Waals surface area (Å²) >= 11 is 0. The lowest BCUT2D eigenvalue weighted by Gasteiger charge is -2.36. The van der Waals surface area contributed by atoms with Crippen molar-refractivity contribution in [2.75, 3.05) is 5.32 Å². The molecule has 2 aromatic rings. The van der Waals surface area contributed by atoms with E-state index in [0.717, 1.165) is 40.9 Å². The molecule has 4 nitrogen and oxygen atoms in total. The van der Waals surface area contributed by atoms with E-state index in [4.69, 9.17) is 4.99 Å². The van der Waals surface area contributed by atoms with Gasteiger partial charge in [0.15, 0.2) is 0 Å². The average Bonchev–Trinajstić information content (AvgIpc) is 2.69. The van der Waals surface area contributed by atoms with Crippen LogP contribution in [0.1, 0.15) is 48.8 Å². The molecule has 148 valence electrons. The highest BCUT2D eigenvalue weighted by molar-refractivity contribution is 6.14. The molecule has 1 amide bonds. The molecule has 1 unspecified atom stereocenters. The number of benzene rings is 2. The van der Waals surface area contributed by atoms with Gasteiger partial charge in [-0.2, -0.15) is 0 Å². The number of hydrogen-bond donors (Lipinski definition) is 1. The van der Waals surface area contributed by atoms with Gasteiger partial charge in [-0.05, 0) is 56.4 Å². The molecule has 1 aliphatic heterocycles. The fraction of sp³-hybridized carbons (Fsp3) is 0.320. The number of rotatable bonds is 3. The largest absolute Gasteiger partial charge is 0.322 e. The van der Waals surface area contributed by atoms with Crippen molar-refractivity contribution in [3.05, 3.63) is 76.5 Å². The summed E-state index contributed by atoms with van der Waals surface area (Å²) < 4.78 is 0. The topological polar surface area (TPSA) is 58.5 Å². The van der Waals surface area contributed by atoms with Crippen LogP contribution in [0.25, 0.3) is 0 Å². The van der Waals surface area contributed by atoms with Crippen LogP contribution in [-0.2, 0) is 9.59 Å². The Morgan fingerprint density at radius 1 is 0.931 bits per heavy atom. The second-order valence-corrected chi connectivity index (χ2v) is 8.00. The minimum absolute atomic E-state index is 0.175. The van der Waals surface area contributed by atoms with Crippen molar-refractivity contribution in [1.29, 1.82) is 0 Å². The number of allylic oxidation sites excluding steroid dienone is 1. The maximum atomic E-state index is 13.5. The molecule has 1 aliphatic carbocycles. The predicted octanol–water partition coefficient (Wildman–Crippen LogP) is 5.12. The van der Waals surface area contributed by atoms with Gasteiger partial charge >= 0.3 is 0 Å². The standard InChI is InChI=1S/C25H26N2O2/c1-15-9-4-6-11-18(15)23-22(25(29)27-19-12-7-5-10-16(19)2)17(3)26-20-13-8-14-21(28)24(20)23/h4-7,9-12,23-24H,8,13-14H2,1-3H3,(H,27,29)/t23-,24?/m0/s1. The van der Waals surface area contributed by atoms with Crippen LogP contribution in [0.3, 0.4) is 0 Å². The Labute approximate surface area is 171 Å². The summed E-state index contributed by atoms with van der Waals surface area (Å²) in [6.45, 7) is 5.90. The first-order chi connectivity index (χ1) is 14.0. The molecule has 1 fully saturated rings. The van der Waals surface area contributed by atoms with Gasteiger partial charge in [0.2, 0.25) is 0 Å². The summed E-state index contributed by atoms with van der Waals surface area (Å²) in [5.41, 5.74) is 6.16. The van der Waals surface area contributed by atoms with E-state index < -0.39 is 0 Å². The van der Waals surface area contributed by atoms with Gasteiger partial charge in [-0.1, -0.05) is 42.5 Å². The van der Waals surface area contributed by atoms with Gasteiger partial charge in [0.25, 0.3) is 5.91 Å². The van der Waals surface area contributed by atoms with E-state index in [1.807, 2.05) is 69.3 Å². The Morgan fingerprint density at radius 2 is 1.62 bits per heavy atom. The monoisotopic (exact) mass is 386 g/mol. The van der Waals surface area contributed by atoms with Crippen LogP contribution < -0.4 is 5.32 Å². The lowest BCUT2D eigenvalue weighted by molar-refractivity contribution is -0.122.